The van der Waals surface area contributed by atoms with Gasteiger partial charge in [0.2, 0.25) is 0 Å². The van der Waals surface area contributed by atoms with Crippen molar-refractivity contribution in [1.29, 1.82) is 5.41 Å². The minimum Gasteiger partial charge on any atom is -0.494 e. The van der Waals surface area contributed by atoms with E-state index in [-0.39, 0.29) is 17.7 Å². The highest BCUT2D eigenvalue weighted by Gasteiger charge is 2.21. The van der Waals surface area contributed by atoms with Gasteiger partial charge >= 0.3 is 0 Å². The minimum absolute atomic E-state index is 0.0272. The van der Waals surface area contributed by atoms with Crippen molar-refractivity contribution in [3.8, 4) is 11.5 Å². The van der Waals surface area contributed by atoms with Gasteiger partial charge in [-0.2, -0.15) is 0 Å². The van der Waals surface area contributed by atoms with Crippen LogP contribution in [0.5, 0.6) is 11.5 Å². The van der Waals surface area contributed by atoms with E-state index in [1.807, 2.05) is 62.9 Å². The number of hydrogen-bond acceptors (Lipinski definition) is 5. The second-order valence-electron chi connectivity index (χ2n) is 7.67. The number of ether oxygens (including phenoxy) is 2. The summed E-state index contributed by atoms with van der Waals surface area (Å²) in [6.07, 6.45) is -0.198. The topological polar surface area (TPSA) is 84.5 Å². The van der Waals surface area contributed by atoms with E-state index < -0.39 is 5.82 Å². The average molecular weight is 437 g/mol. The van der Waals surface area contributed by atoms with Crippen LogP contribution in [0.1, 0.15) is 37.7 Å². The van der Waals surface area contributed by atoms with E-state index in [1.54, 1.807) is 24.3 Å². The summed E-state index contributed by atoms with van der Waals surface area (Å²) in [6, 6.07) is 16.1. The molecule has 3 rings (SSSR count). The van der Waals surface area contributed by atoms with Crippen molar-refractivity contribution in [2.75, 3.05) is 11.5 Å². The van der Waals surface area contributed by atoms with E-state index in [1.165, 1.54) is 0 Å². The molecule has 1 aromatic heterocycles. The van der Waals surface area contributed by atoms with Gasteiger partial charge in [-0.1, -0.05) is 6.07 Å². The van der Waals surface area contributed by atoms with Crippen LogP contribution in [0.25, 0.3) is 0 Å². The Bertz CT molecular complexity index is 1080. The number of nitrogen functional groups attached to an aromatic ring is 1. The van der Waals surface area contributed by atoms with Gasteiger partial charge in [0.15, 0.2) is 11.6 Å². The molecule has 0 saturated carbocycles. The SMILES string of the molecule is CCOc1cc(OC(C)C)c(F)c(N(Cc2cccc(C)n2)c2ccc(C(=N)N)cc2)c1. The molecular formula is C25H29FN4O2. The Hall–Kier alpha value is -3.61. The first-order valence-electron chi connectivity index (χ1n) is 10.6. The Morgan fingerprint density at radius 3 is 2.47 bits per heavy atom. The Balaban J connectivity index is 2.15. The number of nitrogens with zero attached hydrogens (tertiary/aromatic N) is 2. The smallest absolute Gasteiger partial charge is 0.188 e. The number of rotatable bonds is 9. The van der Waals surface area contributed by atoms with Crippen molar-refractivity contribution >= 4 is 17.2 Å². The molecule has 1 heterocycles. The molecule has 2 aromatic carbocycles. The summed E-state index contributed by atoms with van der Waals surface area (Å²) in [5.74, 6) is 0.136. The van der Waals surface area contributed by atoms with Crippen LogP contribution in [0.2, 0.25) is 0 Å². The molecule has 0 bridgehead atoms. The number of aromatic nitrogens is 1. The maximum Gasteiger partial charge on any atom is 0.188 e. The number of pyridine rings is 1. The molecule has 0 amide bonds. The first-order chi connectivity index (χ1) is 15.3. The zero-order chi connectivity index (χ0) is 23.3. The number of amidine groups is 1. The largest absolute Gasteiger partial charge is 0.494 e. The van der Waals surface area contributed by atoms with Crippen LogP contribution < -0.4 is 20.1 Å². The first kappa shape index (κ1) is 23.1. The number of nitrogens with one attached hydrogen (secondary N) is 1. The Morgan fingerprint density at radius 1 is 1.16 bits per heavy atom. The van der Waals surface area contributed by atoms with Crippen LogP contribution >= 0.6 is 0 Å². The highest BCUT2D eigenvalue weighted by Crippen LogP contribution is 2.38. The zero-order valence-corrected chi connectivity index (χ0v) is 18.9. The van der Waals surface area contributed by atoms with Gasteiger partial charge in [-0.3, -0.25) is 10.4 Å². The lowest BCUT2D eigenvalue weighted by atomic mass is 10.1. The molecular weight excluding hydrogens is 407 g/mol. The Labute approximate surface area is 188 Å². The van der Waals surface area contributed by atoms with Crippen LogP contribution in [-0.4, -0.2) is 23.5 Å². The second-order valence-corrected chi connectivity index (χ2v) is 7.67. The molecule has 6 nitrogen and oxygen atoms in total. The van der Waals surface area contributed by atoms with Crippen LogP contribution in [0.3, 0.4) is 0 Å². The van der Waals surface area contributed by atoms with Crippen molar-refractivity contribution in [2.24, 2.45) is 5.73 Å². The van der Waals surface area contributed by atoms with Crippen molar-refractivity contribution in [1.82, 2.24) is 4.98 Å². The van der Waals surface area contributed by atoms with Gasteiger partial charge < -0.3 is 20.1 Å². The quantitative estimate of drug-likeness (QED) is 0.349. The van der Waals surface area contributed by atoms with E-state index in [2.05, 4.69) is 4.98 Å². The molecule has 168 valence electrons. The normalized spacial score (nSPS) is 10.8. The third-order valence-corrected chi connectivity index (χ3v) is 4.71. The summed E-state index contributed by atoms with van der Waals surface area (Å²) in [5, 5.41) is 7.64. The number of nitrogens with two attached hydrogens (primary N) is 1. The monoisotopic (exact) mass is 436 g/mol. The number of halogens is 1. The molecule has 0 saturated heterocycles. The van der Waals surface area contributed by atoms with E-state index in [0.717, 1.165) is 17.1 Å². The average Bonchev–Trinajstić information content (AvgIpc) is 2.74. The third kappa shape index (κ3) is 5.55. The molecule has 0 radical (unpaired) electrons. The second kappa shape index (κ2) is 10.1. The summed E-state index contributed by atoms with van der Waals surface area (Å²) in [4.78, 5) is 6.40. The molecule has 32 heavy (non-hydrogen) atoms. The molecule has 0 unspecified atom stereocenters. The molecule has 0 spiro atoms. The molecule has 7 heteroatoms. The molecule has 0 atom stereocenters. The van der Waals surface area contributed by atoms with Crippen molar-refractivity contribution in [3.05, 3.63) is 77.4 Å². The molecule has 0 aliphatic heterocycles. The van der Waals surface area contributed by atoms with Crippen molar-refractivity contribution < 1.29 is 13.9 Å². The fraction of sp³-hybridized carbons (Fsp3) is 0.280. The molecule has 0 fully saturated rings. The van der Waals surface area contributed by atoms with Crippen LogP contribution in [0, 0.1) is 18.2 Å². The number of hydrogen-bond donors (Lipinski definition) is 2. The fourth-order valence-electron chi connectivity index (χ4n) is 3.33. The standard InChI is InChI=1S/C25H29FN4O2/c1-5-31-21-13-22(24(26)23(14-21)32-16(2)3)30(15-19-8-6-7-17(4)29-19)20-11-9-18(10-12-20)25(27)28/h6-14,16H,5,15H2,1-4H3,(H3,27,28). The summed E-state index contributed by atoms with van der Waals surface area (Å²) in [5.41, 5.74) is 8.89. The Kier molecular flexibility index (Phi) is 7.30. The van der Waals surface area contributed by atoms with Crippen molar-refractivity contribution in [3.63, 3.8) is 0 Å². The lowest BCUT2D eigenvalue weighted by molar-refractivity contribution is 0.229. The van der Waals surface area contributed by atoms with Crippen LogP contribution in [0.15, 0.2) is 54.6 Å². The third-order valence-electron chi connectivity index (χ3n) is 4.71. The predicted octanol–water partition coefficient (Wildman–Crippen LogP) is 5.34. The van der Waals surface area contributed by atoms with E-state index in [0.29, 0.717) is 30.2 Å². The highest BCUT2D eigenvalue weighted by atomic mass is 19.1. The van der Waals surface area contributed by atoms with E-state index >= 15 is 4.39 Å². The maximum atomic E-state index is 15.7. The fourth-order valence-corrected chi connectivity index (χ4v) is 3.33. The van der Waals surface area contributed by atoms with E-state index in [4.69, 9.17) is 20.6 Å². The Morgan fingerprint density at radius 2 is 1.88 bits per heavy atom. The van der Waals surface area contributed by atoms with Crippen LogP contribution in [0.4, 0.5) is 15.8 Å². The van der Waals surface area contributed by atoms with Crippen LogP contribution in [-0.2, 0) is 6.54 Å². The van der Waals surface area contributed by atoms with Gasteiger partial charge in [0.1, 0.15) is 11.6 Å². The number of anilines is 2. The molecule has 3 aromatic rings. The zero-order valence-electron chi connectivity index (χ0n) is 18.9. The lowest BCUT2D eigenvalue weighted by Gasteiger charge is -2.27. The van der Waals surface area contributed by atoms with Gasteiger partial charge in [-0.15, -0.1) is 0 Å². The molecule has 0 aliphatic carbocycles. The summed E-state index contributed by atoms with van der Waals surface area (Å²) >= 11 is 0. The maximum absolute atomic E-state index is 15.7. The van der Waals surface area contributed by atoms with Gasteiger partial charge in [0, 0.05) is 29.1 Å². The number of aryl methyl sites for hydroxylation is 1. The first-order valence-corrected chi connectivity index (χ1v) is 10.6. The van der Waals surface area contributed by atoms with Gasteiger partial charge in [-0.05, 0) is 64.1 Å². The lowest BCUT2D eigenvalue weighted by Crippen LogP contribution is -2.20. The number of benzene rings is 2. The summed E-state index contributed by atoms with van der Waals surface area (Å²) < 4.78 is 27.1. The van der Waals surface area contributed by atoms with Gasteiger partial charge in [0.25, 0.3) is 0 Å². The van der Waals surface area contributed by atoms with E-state index in [9.17, 15) is 0 Å². The highest BCUT2D eigenvalue weighted by molar-refractivity contribution is 5.95. The van der Waals surface area contributed by atoms with Gasteiger partial charge in [-0.25, -0.2) is 4.39 Å². The summed E-state index contributed by atoms with van der Waals surface area (Å²) in [6.45, 7) is 8.26. The molecule has 3 N–H and O–H groups in total. The minimum atomic E-state index is -0.481. The summed E-state index contributed by atoms with van der Waals surface area (Å²) in [7, 11) is 0. The van der Waals surface area contributed by atoms with Gasteiger partial charge in [0.05, 0.1) is 30.6 Å². The predicted molar refractivity (Wildman–Crippen MR) is 126 cm³/mol. The molecule has 0 aliphatic rings. The van der Waals surface area contributed by atoms with Crippen molar-refractivity contribution in [2.45, 2.75) is 40.3 Å².